The summed E-state index contributed by atoms with van der Waals surface area (Å²) >= 11 is 0. The van der Waals surface area contributed by atoms with E-state index in [1.54, 1.807) is 85.8 Å². The van der Waals surface area contributed by atoms with Crippen LogP contribution in [0.3, 0.4) is 0 Å². The van der Waals surface area contributed by atoms with Crippen LogP contribution in [0.2, 0.25) is 0 Å². The van der Waals surface area contributed by atoms with Crippen LogP contribution in [0.15, 0.2) is 103 Å². The van der Waals surface area contributed by atoms with Crippen LogP contribution in [-0.4, -0.2) is 110 Å². The smallest absolute Gasteiger partial charge is 0.312 e. The first-order chi connectivity index (χ1) is 31.5. The van der Waals surface area contributed by atoms with E-state index in [1.165, 1.54) is 6.92 Å². The quantitative estimate of drug-likeness (QED) is 0.0859. The second-order valence-corrected chi connectivity index (χ2v) is 20.5. The van der Waals surface area contributed by atoms with Crippen LogP contribution in [-0.2, 0) is 28.5 Å². The number of Topliss-reactive ketones (excluding diaryl/α,β-unsaturated/α-hetero) is 3. The van der Waals surface area contributed by atoms with E-state index < -0.39 is 124 Å². The van der Waals surface area contributed by atoms with Crippen molar-refractivity contribution in [3.63, 3.8) is 0 Å². The summed E-state index contributed by atoms with van der Waals surface area (Å²) in [5.74, 6) is -12.0. The highest BCUT2D eigenvalue weighted by atomic mass is 16.9. The van der Waals surface area contributed by atoms with Gasteiger partial charge in [-0.05, 0) is 62.4 Å². The third-order valence-corrected chi connectivity index (χ3v) is 17.2. The fourth-order valence-corrected chi connectivity index (χ4v) is 14.5. The maximum Gasteiger partial charge on any atom is 0.312 e. The normalized spacial score (nSPS) is 44.1. The monoisotopic (exact) mass is 904 g/mol. The first-order valence-electron chi connectivity index (χ1n) is 23.5. The van der Waals surface area contributed by atoms with E-state index in [1.807, 2.05) is 26.0 Å². The number of hydrogen-bond acceptors (Lipinski definition) is 13. The molecule has 13 heteroatoms. The molecular formula is C53H60O13. The average Bonchev–Trinajstić information content (AvgIpc) is 3.94. The SMILES string of the molecule is C=C(C)[C@]12C[C@@H](COC(C)=O)[C@@]34OC5(O[C@@H]1[C@@H]3[C@@H]1O[C@]1(CO)[C@@H](O)[C@@]1(O)[C@H]4[C@H]([C@H](C)[C@@H]1C(=O)c1ccccc1)[C@H](C)C[C@H](C(=O)c1ccccc1)[C@H](C(=O)c1ccccc1)CCC[C@H]5O)O2. The zero-order chi connectivity index (χ0) is 46.7. The van der Waals surface area contributed by atoms with Gasteiger partial charge in [0.25, 0.3) is 0 Å². The Labute approximate surface area is 384 Å². The largest absolute Gasteiger partial charge is 0.465 e. The molecule has 3 saturated carbocycles. The molecule has 4 N–H and O–H groups in total. The summed E-state index contributed by atoms with van der Waals surface area (Å²) in [5.41, 5.74) is -5.71. The predicted molar refractivity (Wildman–Crippen MR) is 236 cm³/mol. The number of benzene rings is 3. The van der Waals surface area contributed by atoms with Crippen molar-refractivity contribution in [1.29, 1.82) is 0 Å². The number of epoxide rings is 1. The van der Waals surface area contributed by atoms with Gasteiger partial charge in [0.1, 0.15) is 41.2 Å². The second kappa shape index (κ2) is 16.1. The Bertz CT molecular complexity index is 2410. The lowest BCUT2D eigenvalue weighted by molar-refractivity contribution is -0.459. The van der Waals surface area contributed by atoms with Crippen molar-refractivity contribution in [2.45, 2.75) is 113 Å². The van der Waals surface area contributed by atoms with Gasteiger partial charge < -0.3 is 44.1 Å². The summed E-state index contributed by atoms with van der Waals surface area (Å²) in [7, 11) is 0. The highest BCUT2D eigenvalue weighted by Crippen LogP contribution is 2.76. The molecular weight excluding hydrogens is 845 g/mol. The predicted octanol–water partition coefficient (Wildman–Crippen LogP) is 5.52. The van der Waals surface area contributed by atoms with Gasteiger partial charge in [-0.3, -0.25) is 19.2 Å². The van der Waals surface area contributed by atoms with E-state index in [0.717, 1.165) is 0 Å². The van der Waals surface area contributed by atoms with E-state index in [9.17, 15) is 30.0 Å². The topological polar surface area (TPSA) is 199 Å². The molecule has 3 aromatic rings. The van der Waals surface area contributed by atoms with E-state index in [4.69, 9.17) is 23.7 Å². The number of carbonyl (C=O) groups excluding carboxylic acids is 4. The summed E-state index contributed by atoms with van der Waals surface area (Å²) < 4.78 is 34.0. The molecule has 3 bridgehead atoms. The molecule has 7 fully saturated rings. The number of aliphatic hydroxyl groups is 4. The Kier molecular flexibility index (Phi) is 11.1. The van der Waals surface area contributed by atoms with Crippen LogP contribution >= 0.6 is 0 Å². The fraction of sp³-hybridized carbons (Fsp3) is 0.547. The molecule has 4 aliphatic heterocycles. The maximum absolute atomic E-state index is 15.4. The van der Waals surface area contributed by atoms with Gasteiger partial charge in [-0.2, -0.15) is 0 Å². The lowest BCUT2D eigenvalue weighted by atomic mass is 9.51. The van der Waals surface area contributed by atoms with Crippen molar-refractivity contribution in [1.82, 2.24) is 0 Å². The highest BCUT2D eigenvalue weighted by Gasteiger charge is 2.91. The molecule has 0 aromatic heterocycles. The van der Waals surface area contributed by atoms with Gasteiger partial charge in [-0.15, -0.1) is 0 Å². The molecule has 0 radical (unpaired) electrons. The van der Waals surface area contributed by atoms with Gasteiger partial charge >= 0.3 is 11.9 Å². The van der Waals surface area contributed by atoms with Crippen LogP contribution in [0.25, 0.3) is 0 Å². The van der Waals surface area contributed by atoms with Crippen molar-refractivity contribution in [3.05, 3.63) is 120 Å². The first-order valence-corrected chi connectivity index (χ1v) is 23.5. The molecule has 7 aliphatic rings. The van der Waals surface area contributed by atoms with Crippen LogP contribution in [0.4, 0.5) is 0 Å². The number of ether oxygens (including phenoxy) is 5. The van der Waals surface area contributed by atoms with Crippen molar-refractivity contribution in [3.8, 4) is 0 Å². The van der Waals surface area contributed by atoms with Crippen molar-refractivity contribution in [2.75, 3.05) is 13.2 Å². The summed E-state index contributed by atoms with van der Waals surface area (Å²) in [5, 5.41) is 51.6. The summed E-state index contributed by atoms with van der Waals surface area (Å²) in [4.78, 5) is 58.4. The molecule has 3 aliphatic carbocycles. The molecule has 10 rings (SSSR count). The molecule has 13 nitrogen and oxygen atoms in total. The van der Waals surface area contributed by atoms with Gasteiger partial charge in [0.15, 0.2) is 17.3 Å². The Balaban J connectivity index is 1.25. The number of aliphatic hydroxyl groups excluding tert-OH is 3. The molecule has 4 heterocycles. The van der Waals surface area contributed by atoms with Crippen LogP contribution in [0.5, 0.6) is 0 Å². The number of esters is 1. The summed E-state index contributed by atoms with van der Waals surface area (Å²) in [6.45, 7) is 10.3. The van der Waals surface area contributed by atoms with Crippen LogP contribution in [0.1, 0.15) is 90.9 Å². The summed E-state index contributed by atoms with van der Waals surface area (Å²) in [6.07, 6.45) is -4.79. The Morgan fingerprint density at radius 1 is 0.773 bits per heavy atom. The van der Waals surface area contributed by atoms with Gasteiger partial charge in [0.2, 0.25) is 0 Å². The number of hydrogen-bond donors (Lipinski definition) is 4. The zero-order valence-corrected chi connectivity index (χ0v) is 37.8. The highest BCUT2D eigenvalue weighted by molar-refractivity contribution is 6.05. The number of fused-ring (bicyclic) bond motifs is 1. The van der Waals surface area contributed by atoms with Crippen LogP contribution in [0, 0.1) is 53.3 Å². The number of rotatable bonds is 10. The molecule has 66 heavy (non-hydrogen) atoms. The Morgan fingerprint density at radius 3 is 1.91 bits per heavy atom. The lowest BCUT2D eigenvalue weighted by Crippen LogP contribution is -2.75. The van der Waals surface area contributed by atoms with E-state index in [0.29, 0.717) is 16.7 Å². The lowest BCUT2D eigenvalue weighted by Gasteiger charge is -2.62. The number of carbonyl (C=O) groups is 4. The average molecular weight is 905 g/mol. The minimum Gasteiger partial charge on any atom is -0.465 e. The van der Waals surface area contributed by atoms with Crippen molar-refractivity contribution < 1.29 is 63.3 Å². The van der Waals surface area contributed by atoms with E-state index in [-0.39, 0.29) is 55.8 Å². The Morgan fingerprint density at radius 2 is 1.35 bits per heavy atom. The molecule has 1 unspecified atom stereocenters. The molecule has 3 aromatic carbocycles. The van der Waals surface area contributed by atoms with Gasteiger partial charge in [-0.25, -0.2) is 0 Å². The van der Waals surface area contributed by atoms with E-state index in [2.05, 4.69) is 6.58 Å². The van der Waals surface area contributed by atoms with Crippen molar-refractivity contribution in [2.24, 2.45) is 53.3 Å². The number of ketones is 3. The molecule has 350 valence electrons. The molecule has 2 spiro atoms. The fourth-order valence-electron chi connectivity index (χ4n) is 14.5. The maximum atomic E-state index is 15.4. The van der Waals surface area contributed by atoms with Gasteiger partial charge in [-0.1, -0.05) is 111 Å². The van der Waals surface area contributed by atoms with Gasteiger partial charge in [0.05, 0.1) is 24.7 Å². The Hall–Kier alpha value is -4.44. The third-order valence-electron chi connectivity index (χ3n) is 17.2. The second-order valence-electron chi connectivity index (χ2n) is 20.5. The van der Waals surface area contributed by atoms with E-state index >= 15 is 9.59 Å². The molecule has 0 amide bonds. The zero-order valence-electron chi connectivity index (χ0n) is 37.8. The minimum absolute atomic E-state index is 0.0122. The van der Waals surface area contributed by atoms with Crippen molar-refractivity contribution >= 4 is 23.3 Å². The summed E-state index contributed by atoms with van der Waals surface area (Å²) in [6, 6.07) is 26.2. The van der Waals surface area contributed by atoms with Gasteiger partial charge in [0, 0.05) is 53.2 Å². The molecule has 18 atom stereocenters. The molecule has 4 saturated heterocycles. The standard InChI is InChI=1S/C53H60O13/c1-28(2)49-25-35(26-62-31(5)55)52-41-46(49)64-53(65-49,66-52)38(56)23-15-22-36(42(57)32-16-9-6-10-17-32)37(43(58)33-18-11-7-12-19-33)24-29(3)39-30(4)40(44(59)34-20-13-8-14-21-34)51(61,45(39)52)48(60)50(27-54)47(41)63-50/h6-14,16-21,29-30,35-41,45-48,54,56,60-61H,1,15,22-27H2,2-5H3/t29-,30+,35+,36-,37+,38-,39+,40-,41-,45-,46-,47+,48-,49-,50+,51+,52-,53?/m1/s1. The first kappa shape index (κ1) is 45.3. The van der Waals surface area contributed by atoms with Crippen LogP contribution < -0.4 is 0 Å². The third kappa shape index (κ3) is 6.26. The minimum atomic E-state index is -2.43.